The average Bonchev–Trinajstić information content (AvgIpc) is 2.73. The lowest BCUT2D eigenvalue weighted by Gasteiger charge is -2.34. The van der Waals surface area contributed by atoms with Gasteiger partial charge in [-0.3, -0.25) is 14.5 Å². The van der Waals surface area contributed by atoms with Gasteiger partial charge >= 0.3 is 6.03 Å². The molecular weight excluding hydrogens is 370 g/mol. The highest BCUT2D eigenvalue weighted by Gasteiger charge is 2.22. The highest BCUT2D eigenvalue weighted by atomic mass is 16.2. The third-order valence-electron chi connectivity index (χ3n) is 5.03. The Kier molecular flexibility index (Phi) is 9.43. The number of urea groups is 1. The molecule has 8 nitrogen and oxygen atoms in total. The zero-order chi connectivity index (χ0) is 21.1. The van der Waals surface area contributed by atoms with E-state index >= 15 is 0 Å². The van der Waals surface area contributed by atoms with Crippen molar-refractivity contribution < 1.29 is 14.4 Å². The molecule has 0 aliphatic carbocycles. The van der Waals surface area contributed by atoms with E-state index in [2.05, 4.69) is 20.9 Å². The van der Waals surface area contributed by atoms with Crippen molar-refractivity contribution in [3.8, 4) is 0 Å². The highest BCUT2D eigenvalue weighted by Crippen LogP contribution is 2.04. The van der Waals surface area contributed by atoms with Crippen LogP contribution in [0.2, 0.25) is 0 Å². The molecule has 8 heteroatoms. The van der Waals surface area contributed by atoms with Crippen LogP contribution in [0.1, 0.15) is 32.3 Å². The SMILES string of the molecule is CC[C@H](C)NC(=O)CN1CCN(C(=O)CCNC(=O)NCc2ccccc2)CC1. The molecule has 1 atom stereocenters. The van der Waals surface area contributed by atoms with E-state index in [1.165, 1.54) is 0 Å². The molecule has 3 N–H and O–H groups in total. The lowest BCUT2D eigenvalue weighted by atomic mass is 10.2. The molecule has 0 bridgehead atoms. The van der Waals surface area contributed by atoms with Crippen LogP contribution in [-0.4, -0.2) is 73.0 Å². The van der Waals surface area contributed by atoms with Crippen LogP contribution in [0.4, 0.5) is 4.79 Å². The zero-order valence-electron chi connectivity index (χ0n) is 17.4. The second kappa shape index (κ2) is 12.1. The van der Waals surface area contributed by atoms with E-state index in [1.807, 2.05) is 44.2 Å². The molecule has 2 rings (SSSR count). The van der Waals surface area contributed by atoms with Gasteiger partial charge in [0.25, 0.3) is 0 Å². The summed E-state index contributed by atoms with van der Waals surface area (Å²) in [5, 5.41) is 8.46. The fourth-order valence-electron chi connectivity index (χ4n) is 3.06. The van der Waals surface area contributed by atoms with E-state index in [0.717, 1.165) is 12.0 Å². The number of rotatable bonds is 9. The van der Waals surface area contributed by atoms with Gasteiger partial charge in [0.2, 0.25) is 11.8 Å². The third kappa shape index (κ3) is 8.51. The van der Waals surface area contributed by atoms with Gasteiger partial charge in [-0.1, -0.05) is 37.3 Å². The first-order valence-corrected chi connectivity index (χ1v) is 10.3. The Balaban J connectivity index is 1.58. The highest BCUT2D eigenvalue weighted by molar-refractivity contribution is 5.79. The molecule has 0 unspecified atom stereocenters. The van der Waals surface area contributed by atoms with Crippen molar-refractivity contribution in [2.75, 3.05) is 39.3 Å². The lowest BCUT2D eigenvalue weighted by Crippen LogP contribution is -2.52. The molecular formula is C21H33N5O3. The Morgan fingerprint density at radius 1 is 1.03 bits per heavy atom. The molecule has 1 saturated heterocycles. The molecule has 29 heavy (non-hydrogen) atoms. The molecule has 1 aliphatic rings. The maximum absolute atomic E-state index is 12.3. The first-order chi connectivity index (χ1) is 14.0. The van der Waals surface area contributed by atoms with Gasteiger partial charge in [0, 0.05) is 51.7 Å². The Bertz CT molecular complexity index is 660. The number of amides is 4. The van der Waals surface area contributed by atoms with Crippen LogP contribution in [0.15, 0.2) is 30.3 Å². The van der Waals surface area contributed by atoms with Crippen LogP contribution >= 0.6 is 0 Å². The average molecular weight is 404 g/mol. The molecule has 0 spiro atoms. The van der Waals surface area contributed by atoms with Gasteiger partial charge in [-0.25, -0.2) is 4.79 Å². The summed E-state index contributed by atoms with van der Waals surface area (Å²) in [5.41, 5.74) is 1.02. The summed E-state index contributed by atoms with van der Waals surface area (Å²) in [5.74, 6) is 0.0573. The fraction of sp³-hybridized carbons (Fsp3) is 0.571. The van der Waals surface area contributed by atoms with Crippen molar-refractivity contribution in [1.29, 1.82) is 0 Å². The number of benzene rings is 1. The molecule has 1 fully saturated rings. The maximum atomic E-state index is 12.3. The first kappa shape index (κ1) is 22.7. The number of nitrogens with zero attached hydrogens (tertiary/aromatic N) is 2. The fourth-order valence-corrected chi connectivity index (χ4v) is 3.06. The van der Waals surface area contributed by atoms with Gasteiger partial charge in [-0.2, -0.15) is 0 Å². The van der Waals surface area contributed by atoms with E-state index in [-0.39, 0.29) is 30.3 Å². The number of nitrogens with one attached hydrogen (secondary N) is 3. The molecule has 0 saturated carbocycles. The predicted octanol–water partition coefficient (Wildman–Crippen LogP) is 0.935. The number of carbonyl (C=O) groups is 3. The molecule has 1 aliphatic heterocycles. The van der Waals surface area contributed by atoms with Gasteiger partial charge in [-0.15, -0.1) is 0 Å². The molecule has 1 aromatic rings. The van der Waals surface area contributed by atoms with Gasteiger partial charge in [0.05, 0.1) is 6.54 Å². The van der Waals surface area contributed by atoms with E-state index in [9.17, 15) is 14.4 Å². The largest absolute Gasteiger partial charge is 0.353 e. The van der Waals surface area contributed by atoms with E-state index in [4.69, 9.17) is 0 Å². The summed E-state index contributed by atoms with van der Waals surface area (Å²) in [6.45, 7) is 7.74. The second-order valence-corrected chi connectivity index (χ2v) is 7.38. The number of hydrogen-bond donors (Lipinski definition) is 3. The van der Waals surface area contributed by atoms with Crippen molar-refractivity contribution in [2.24, 2.45) is 0 Å². The molecule has 1 aromatic carbocycles. The monoisotopic (exact) mass is 403 g/mol. The van der Waals surface area contributed by atoms with Crippen molar-refractivity contribution in [1.82, 2.24) is 25.8 Å². The Labute approximate surface area is 173 Å². The summed E-state index contributed by atoms with van der Waals surface area (Å²) in [6, 6.07) is 9.56. The quantitative estimate of drug-likeness (QED) is 0.572. The van der Waals surface area contributed by atoms with Crippen LogP contribution in [-0.2, 0) is 16.1 Å². The van der Waals surface area contributed by atoms with Crippen molar-refractivity contribution in [2.45, 2.75) is 39.3 Å². The minimum atomic E-state index is -0.279. The van der Waals surface area contributed by atoms with Crippen molar-refractivity contribution in [3.63, 3.8) is 0 Å². The zero-order valence-corrected chi connectivity index (χ0v) is 17.4. The summed E-state index contributed by atoms with van der Waals surface area (Å²) in [6.07, 6.45) is 1.18. The molecule has 0 aromatic heterocycles. The summed E-state index contributed by atoms with van der Waals surface area (Å²) in [4.78, 5) is 40.0. The van der Waals surface area contributed by atoms with E-state index in [1.54, 1.807) is 4.90 Å². The smallest absolute Gasteiger partial charge is 0.315 e. The molecule has 4 amide bonds. The number of piperazine rings is 1. The first-order valence-electron chi connectivity index (χ1n) is 10.3. The Hall–Kier alpha value is -2.61. The lowest BCUT2D eigenvalue weighted by molar-refractivity contribution is -0.133. The second-order valence-electron chi connectivity index (χ2n) is 7.38. The minimum Gasteiger partial charge on any atom is -0.353 e. The van der Waals surface area contributed by atoms with Crippen molar-refractivity contribution >= 4 is 17.8 Å². The summed E-state index contributed by atoms with van der Waals surface area (Å²) >= 11 is 0. The predicted molar refractivity (Wildman–Crippen MR) is 112 cm³/mol. The summed E-state index contributed by atoms with van der Waals surface area (Å²) < 4.78 is 0. The topological polar surface area (TPSA) is 93.8 Å². The Morgan fingerprint density at radius 2 is 1.72 bits per heavy atom. The van der Waals surface area contributed by atoms with Crippen LogP contribution < -0.4 is 16.0 Å². The van der Waals surface area contributed by atoms with Gasteiger partial charge < -0.3 is 20.9 Å². The molecule has 1 heterocycles. The number of hydrogen-bond acceptors (Lipinski definition) is 4. The van der Waals surface area contributed by atoms with Crippen LogP contribution in [0.5, 0.6) is 0 Å². The molecule has 0 radical (unpaired) electrons. The van der Waals surface area contributed by atoms with Gasteiger partial charge in [0.15, 0.2) is 0 Å². The standard InChI is InChI=1S/C21H33N5O3/c1-3-17(2)24-19(27)16-25-11-13-26(14-12-25)20(28)9-10-22-21(29)23-15-18-7-5-4-6-8-18/h4-8,17H,3,9-16H2,1-2H3,(H,24,27)(H2,22,23,29)/t17-/m0/s1. The van der Waals surface area contributed by atoms with Gasteiger partial charge in [-0.05, 0) is 18.9 Å². The van der Waals surface area contributed by atoms with Gasteiger partial charge in [0.1, 0.15) is 0 Å². The minimum absolute atomic E-state index is 0.0251. The third-order valence-corrected chi connectivity index (χ3v) is 5.03. The summed E-state index contributed by atoms with van der Waals surface area (Å²) in [7, 11) is 0. The maximum Gasteiger partial charge on any atom is 0.315 e. The van der Waals surface area contributed by atoms with E-state index in [0.29, 0.717) is 45.8 Å². The van der Waals surface area contributed by atoms with Crippen LogP contribution in [0, 0.1) is 0 Å². The van der Waals surface area contributed by atoms with E-state index < -0.39 is 0 Å². The number of carbonyl (C=O) groups excluding carboxylic acids is 3. The van der Waals surface area contributed by atoms with Crippen LogP contribution in [0.25, 0.3) is 0 Å². The Morgan fingerprint density at radius 3 is 2.38 bits per heavy atom. The normalized spacial score (nSPS) is 15.4. The van der Waals surface area contributed by atoms with Crippen LogP contribution in [0.3, 0.4) is 0 Å². The van der Waals surface area contributed by atoms with Crippen molar-refractivity contribution in [3.05, 3.63) is 35.9 Å². The molecule has 160 valence electrons.